The highest BCUT2D eigenvalue weighted by Crippen LogP contribution is 2.28. The first-order valence-corrected chi connectivity index (χ1v) is 6.39. The fourth-order valence-corrected chi connectivity index (χ4v) is 2.61. The van der Waals surface area contributed by atoms with Crippen LogP contribution in [0, 0.1) is 17.6 Å². The fraction of sp³-hybridized carbons (Fsp3) is 0.571. The minimum absolute atomic E-state index is 0.201. The highest BCUT2D eigenvalue weighted by molar-refractivity contribution is 5.45. The monoisotopic (exact) mass is 239 g/mol. The first kappa shape index (κ1) is 12.3. The van der Waals surface area contributed by atoms with Gasteiger partial charge in [-0.1, -0.05) is 25.3 Å². The third kappa shape index (κ3) is 2.96. The Morgan fingerprint density at radius 2 is 1.88 bits per heavy atom. The third-order valence-corrected chi connectivity index (χ3v) is 3.69. The van der Waals surface area contributed by atoms with Crippen LogP contribution in [-0.2, 0) is 0 Å². The Bertz CT molecular complexity index is 372. The lowest BCUT2D eigenvalue weighted by atomic mass is 9.84. The van der Waals surface area contributed by atoms with E-state index in [1.54, 1.807) is 6.07 Å². The molecule has 0 heterocycles. The summed E-state index contributed by atoms with van der Waals surface area (Å²) in [4.78, 5) is 0. The largest absolute Gasteiger partial charge is 0.380 e. The molecule has 1 aliphatic rings. The Morgan fingerprint density at radius 3 is 2.59 bits per heavy atom. The van der Waals surface area contributed by atoms with Crippen LogP contribution in [0.4, 0.5) is 14.5 Å². The van der Waals surface area contributed by atoms with Crippen molar-refractivity contribution in [2.24, 2.45) is 5.92 Å². The van der Waals surface area contributed by atoms with Gasteiger partial charge in [-0.3, -0.25) is 0 Å². The molecule has 1 N–H and O–H groups in total. The molecule has 17 heavy (non-hydrogen) atoms. The summed E-state index contributed by atoms with van der Waals surface area (Å²) < 4.78 is 26.5. The van der Waals surface area contributed by atoms with Crippen LogP contribution in [0.25, 0.3) is 0 Å². The van der Waals surface area contributed by atoms with E-state index in [4.69, 9.17) is 0 Å². The lowest BCUT2D eigenvalue weighted by Crippen LogP contribution is -2.28. The van der Waals surface area contributed by atoms with Crippen molar-refractivity contribution in [1.82, 2.24) is 0 Å². The van der Waals surface area contributed by atoms with Crippen molar-refractivity contribution in [2.75, 3.05) is 5.32 Å². The van der Waals surface area contributed by atoms with Crippen LogP contribution in [0.1, 0.15) is 39.0 Å². The molecule has 1 atom stereocenters. The number of hydrogen-bond donors (Lipinski definition) is 1. The normalized spacial score (nSPS) is 19.0. The van der Waals surface area contributed by atoms with Gasteiger partial charge in [0.15, 0.2) is 11.6 Å². The first-order valence-electron chi connectivity index (χ1n) is 6.39. The van der Waals surface area contributed by atoms with E-state index < -0.39 is 11.6 Å². The van der Waals surface area contributed by atoms with E-state index in [1.807, 2.05) is 0 Å². The van der Waals surface area contributed by atoms with Crippen molar-refractivity contribution in [1.29, 1.82) is 0 Å². The van der Waals surface area contributed by atoms with Crippen LogP contribution in [-0.4, -0.2) is 6.04 Å². The molecule has 0 amide bonds. The summed E-state index contributed by atoms with van der Waals surface area (Å²) in [7, 11) is 0. The zero-order valence-corrected chi connectivity index (χ0v) is 10.2. The van der Waals surface area contributed by atoms with E-state index >= 15 is 0 Å². The summed E-state index contributed by atoms with van der Waals surface area (Å²) in [5.74, 6) is -0.979. The molecule has 3 heteroatoms. The van der Waals surface area contributed by atoms with Gasteiger partial charge in [0.2, 0.25) is 0 Å². The van der Waals surface area contributed by atoms with Crippen molar-refractivity contribution in [2.45, 2.75) is 45.1 Å². The lowest BCUT2D eigenvalue weighted by Gasteiger charge is -2.29. The number of halogens is 2. The van der Waals surface area contributed by atoms with Crippen molar-refractivity contribution >= 4 is 5.69 Å². The quantitative estimate of drug-likeness (QED) is 0.827. The number of rotatable bonds is 3. The molecule has 1 aliphatic carbocycles. The molecule has 0 bridgehead atoms. The highest BCUT2D eigenvalue weighted by Gasteiger charge is 2.21. The van der Waals surface area contributed by atoms with Gasteiger partial charge in [-0.25, -0.2) is 8.78 Å². The smallest absolute Gasteiger partial charge is 0.181 e. The number of hydrogen-bond acceptors (Lipinski definition) is 1. The summed E-state index contributed by atoms with van der Waals surface area (Å²) in [5, 5.41) is 3.11. The summed E-state index contributed by atoms with van der Waals surface area (Å²) in [6, 6.07) is 4.48. The molecule has 1 aromatic carbocycles. The van der Waals surface area contributed by atoms with Gasteiger partial charge in [0.1, 0.15) is 0 Å². The van der Waals surface area contributed by atoms with Crippen LogP contribution in [0.3, 0.4) is 0 Å². The zero-order chi connectivity index (χ0) is 12.3. The maximum absolute atomic E-state index is 13.5. The molecule has 0 aromatic heterocycles. The topological polar surface area (TPSA) is 12.0 Å². The number of benzene rings is 1. The maximum Gasteiger partial charge on any atom is 0.181 e. The van der Waals surface area contributed by atoms with Crippen LogP contribution < -0.4 is 5.32 Å². The van der Waals surface area contributed by atoms with E-state index in [1.165, 1.54) is 38.2 Å². The second kappa shape index (κ2) is 5.48. The molecule has 0 radical (unpaired) electrons. The summed E-state index contributed by atoms with van der Waals surface area (Å²) in [5.41, 5.74) is 0.281. The fourth-order valence-electron chi connectivity index (χ4n) is 2.61. The molecular weight excluding hydrogens is 220 g/mol. The van der Waals surface area contributed by atoms with Gasteiger partial charge in [0.25, 0.3) is 0 Å². The summed E-state index contributed by atoms with van der Waals surface area (Å²) in [6.45, 7) is 2.06. The molecule has 0 saturated heterocycles. The second-order valence-corrected chi connectivity index (χ2v) is 4.93. The maximum atomic E-state index is 13.5. The van der Waals surface area contributed by atoms with Crippen LogP contribution in [0.15, 0.2) is 18.2 Å². The van der Waals surface area contributed by atoms with Crippen molar-refractivity contribution in [3.05, 3.63) is 29.8 Å². The zero-order valence-electron chi connectivity index (χ0n) is 10.2. The van der Waals surface area contributed by atoms with Gasteiger partial charge in [0.05, 0.1) is 5.69 Å². The van der Waals surface area contributed by atoms with Crippen molar-refractivity contribution in [3.8, 4) is 0 Å². The highest BCUT2D eigenvalue weighted by atomic mass is 19.2. The van der Waals surface area contributed by atoms with Crippen LogP contribution in [0.5, 0.6) is 0 Å². The van der Waals surface area contributed by atoms with E-state index in [2.05, 4.69) is 12.2 Å². The molecule has 1 unspecified atom stereocenters. The van der Waals surface area contributed by atoms with E-state index in [0.717, 1.165) is 6.07 Å². The number of nitrogens with one attached hydrogen (secondary N) is 1. The van der Waals surface area contributed by atoms with Crippen molar-refractivity contribution < 1.29 is 8.78 Å². The van der Waals surface area contributed by atoms with Gasteiger partial charge >= 0.3 is 0 Å². The van der Waals surface area contributed by atoms with Gasteiger partial charge in [0, 0.05) is 6.04 Å². The molecule has 1 aromatic rings. The van der Waals surface area contributed by atoms with Crippen LogP contribution in [0.2, 0.25) is 0 Å². The Balaban J connectivity index is 2.01. The number of anilines is 1. The minimum atomic E-state index is -0.786. The molecule has 1 fully saturated rings. The standard InChI is InChI=1S/C14H19F2N/c1-10(11-6-3-2-4-7-11)17-13-9-5-8-12(15)14(13)16/h5,8-11,17H,2-4,6-7H2,1H3. The Morgan fingerprint density at radius 1 is 1.18 bits per heavy atom. The Kier molecular flexibility index (Phi) is 3.97. The Labute approximate surface area is 101 Å². The van der Waals surface area contributed by atoms with E-state index in [0.29, 0.717) is 5.92 Å². The minimum Gasteiger partial charge on any atom is -0.380 e. The average molecular weight is 239 g/mol. The molecule has 0 spiro atoms. The SMILES string of the molecule is CC(Nc1cccc(F)c1F)C1CCCCC1. The third-order valence-electron chi connectivity index (χ3n) is 3.69. The van der Waals surface area contributed by atoms with Gasteiger partial charge in [-0.15, -0.1) is 0 Å². The Hall–Kier alpha value is -1.12. The second-order valence-electron chi connectivity index (χ2n) is 4.93. The van der Waals surface area contributed by atoms with Crippen molar-refractivity contribution in [3.63, 3.8) is 0 Å². The van der Waals surface area contributed by atoms with E-state index in [-0.39, 0.29) is 11.7 Å². The summed E-state index contributed by atoms with van der Waals surface area (Å²) >= 11 is 0. The lowest BCUT2D eigenvalue weighted by molar-refractivity contribution is 0.327. The van der Waals surface area contributed by atoms with E-state index in [9.17, 15) is 8.78 Å². The first-order chi connectivity index (χ1) is 8.18. The predicted molar refractivity (Wildman–Crippen MR) is 66.0 cm³/mol. The van der Waals surface area contributed by atoms with Crippen LogP contribution >= 0.6 is 0 Å². The molecule has 94 valence electrons. The molecule has 0 aliphatic heterocycles. The van der Waals surface area contributed by atoms with Gasteiger partial charge in [-0.05, 0) is 37.8 Å². The van der Waals surface area contributed by atoms with Gasteiger partial charge in [-0.2, -0.15) is 0 Å². The molecule has 1 saturated carbocycles. The predicted octanol–water partition coefficient (Wildman–Crippen LogP) is 4.35. The van der Waals surface area contributed by atoms with Gasteiger partial charge < -0.3 is 5.32 Å². The molecule has 2 rings (SSSR count). The molecule has 1 nitrogen and oxygen atoms in total. The average Bonchev–Trinajstić information content (AvgIpc) is 2.36. The molecular formula is C14H19F2N. The summed E-state index contributed by atoms with van der Waals surface area (Å²) in [6.07, 6.45) is 6.18.